The highest BCUT2D eigenvalue weighted by Crippen LogP contribution is 2.42. The minimum Gasteiger partial charge on any atom is -0.311 e. The summed E-state index contributed by atoms with van der Waals surface area (Å²) in [5, 5.41) is 0. The summed E-state index contributed by atoms with van der Waals surface area (Å²) < 4.78 is 2.13. The highest BCUT2D eigenvalue weighted by Gasteiger charge is 2.19. The average molecular weight is 906 g/mol. The van der Waals surface area contributed by atoms with Crippen LogP contribution in [-0.2, 0) is 12.8 Å². The van der Waals surface area contributed by atoms with Gasteiger partial charge in [0.1, 0.15) is 0 Å². The predicted octanol–water partition coefficient (Wildman–Crippen LogP) is 17.8. The molecule has 0 fully saturated rings. The molecule has 3 nitrogen and oxygen atoms in total. The first-order valence-electron chi connectivity index (χ1n) is 21.2. The average Bonchev–Trinajstić information content (AvgIpc) is 3.28. The molecule has 0 aliphatic carbocycles. The molecule has 0 aliphatic rings. The zero-order valence-corrected chi connectivity index (χ0v) is 38.0. The summed E-state index contributed by atoms with van der Waals surface area (Å²) in [4.78, 5) is 7.05. The van der Waals surface area contributed by atoms with Gasteiger partial charge in [0.05, 0.1) is 0 Å². The van der Waals surface area contributed by atoms with Crippen LogP contribution in [0.4, 0.5) is 51.2 Å². The van der Waals surface area contributed by atoms with Gasteiger partial charge in [0, 0.05) is 60.1 Å². The van der Waals surface area contributed by atoms with Crippen molar-refractivity contribution in [3.05, 3.63) is 195 Å². The number of aryl methyl sites for hydroxylation is 2. The zero-order chi connectivity index (χ0) is 41.1. The second kappa shape index (κ2) is 20.2. The van der Waals surface area contributed by atoms with E-state index < -0.39 is 0 Å². The van der Waals surface area contributed by atoms with Gasteiger partial charge in [-0.1, -0.05) is 109 Å². The van der Waals surface area contributed by atoms with Gasteiger partial charge in [-0.2, -0.15) is 0 Å². The van der Waals surface area contributed by atoms with E-state index in [0.717, 1.165) is 79.4 Å². The van der Waals surface area contributed by atoms with Gasteiger partial charge in [0.15, 0.2) is 0 Å². The van der Waals surface area contributed by atoms with E-state index in [1.54, 1.807) is 0 Å². The fourth-order valence-corrected chi connectivity index (χ4v) is 8.12. The van der Waals surface area contributed by atoms with Gasteiger partial charge in [-0.25, -0.2) is 0 Å². The molecule has 1 unspecified atom stereocenters. The van der Waals surface area contributed by atoms with Crippen molar-refractivity contribution in [3.8, 4) is 0 Å². The fraction of sp³-hybridized carbons (Fsp3) is 0.222. The molecule has 59 heavy (non-hydrogen) atoms. The number of anilines is 9. The third-order valence-electron chi connectivity index (χ3n) is 11.3. The van der Waals surface area contributed by atoms with Crippen molar-refractivity contribution >= 4 is 83.0 Å². The first-order valence-corrected chi connectivity index (χ1v) is 22.8. The molecule has 0 saturated heterocycles. The summed E-state index contributed by atoms with van der Waals surface area (Å²) in [6, 6.07) is 62.4. The van der Waals surface area contributed by atoms with Crippen LogP contribution in [0.25, 0.3) is 0 Å². The van der Waals surface area contributed by atoms with Crippen LogP contribution >= 0.6 is 31.9 Å². The van der Waals surface area contributed by atoms with Crippen LogP contribution in [0.5, 0.6) is 0 Å². The van der Waals surface area contributed by atoms with Crippen LogP contribution in [-0.4, -0.2) is 0 Å². The van der Waals surface area contributed by atoms with E-state index in [1.165, 1.54) is 42.4 Å². The summed E-state index contributed by atoms with van der Waals surface area (Å²) in [5.41, 5.74) is 14.1. The molecule has 7 rings (SSSR count). The van der Waals surface area contributed by atoms with Gasteiger partial charge in [-0.3, -0.25) is 0 Å². The Labute approximate surface area is 369 Å². The maximum Gasteiger partial charge on any atom is 0.0463 e. The number of halogens is 2. The number of nitrogens with zero attached hydrogens (tertiary/aromatic N) is 3. The van der Waals surface area contributed by atoms with Crippen LogP contribution in [0.15, 0.2) is 179 Å². The molecule has 1 atom stereocenters. The summed E-state index contributed by atoms with van der Waals surface area (Å²) in [7, 11) is 0. The summed E-state index contributed by atoms with van der Waals surface area (Å²) in [6.07, 6.45) is 8.11. The third-order valence-corrected chi connectivity index (χ3v) is 12.3. The second-order valence-corrected chi connectivity index (χ2v) is 17.3. The van der Waals surface area contributed by atoms with Gasteiger partial charge < -0.3 is 14.7 Å². The van der Waals surface area contributed by atoms with Crippen LogP contribution in [0.2, 0.25) is 0 Å². The topological polar surface area (TPSA) is 9.72 Å². The van der Waals surface area contributed by atoms with Crippen LogP contribution in [0.1, 0.15) is 82.4 Å². The summed E-state index contributed by atoms with van der Waals surface area (Å²) in [5.74, 6) is 0.506. The molecule has 0 spiro atoms. The maximum absolute atomic E-state index is 3.65. The SMILES string of the molecule is CCCCc1ccc(N(c2ccc(Br)cc2)c2ccc(N(c3ccc(C(C)CC)cc3)c3ccc(N(c4ccc(Br)cc4)c4ccc(CCCC)cc4)cc3)cc2)cc1. The van der Waals surface area contributed by atoms with Crippen LogP contribution < -0.4 is 14.7 Å². The van der Waals surface area contributed by atoms with E-state index in [2.05, 4.69) is 244 Å². The molecule has 0 heterocycles. The number of unbranched alkanes of at least 4 members (excludes halogenated alkanes) is 2. The summed E-state index contributed by atoms with van der Waals surface area (Å²) >= 11 is 7.29. The quantitative estimate of drug-likeness (QED) is 0.0901. The lowest BCUT2D eigenvalue weighted by Crippen LogP contribution is -2.13. The second-order valence-electron chi connectivity index (χ2n) is 15.4. The predicted molar refractivity (Wildman–Crippen MR) is 262 cm³/mol. The fourth-order valence-electron chi connectivity index (χ4n) is 7.60. The van der Waals surface area contributed by atoms with Gasteiger partial charge >= 0.3 is 0 Å². The van der Waals surface area contributed by atoms with Crippen molar-refractivity contribution in [1.82, 2.24) is 0 Å². The highest BCUT2D eigenvalue weighted by molar-refractivity contribution is 9.10. The van der Waals surface area contributed by atoms with Crippen molar-refractivity contribution in [2.24, 2.45) is 0 Å². The van der Waals surface area contributed by atoms with Crippen molar-refractivity contribution < 1.29 is 0 Å². The molecule has 0 aromatic heterocycles. The Morgan fingerprint density at radius 3 is 0.847 bits per heavy atom. The minimum absolute atomic E-state index is 0.506. The lowest BCUT2D eigenvalue weighted by atomic mass is 9.98. The minimum atomic E-state index is 0.506. The number of benzene rings is 7. The first kappa shape index (κ1) is 42.0. The zero-order valence-electron chi connectivity index (χ0n) is 34.8. The first-order chi connectivity index (χ1) is 28.8. The van der Waals surface area contributed by atoms with Crippen molar-refractivity contribution in [1.29, 1.82) is 0 Å². The van der Waals surface area contributed by atoms with Crippen molar-refractivity contribution in [2.75, 3.05) is 14.7 Å². The Kier molecular flexibility index (Phi) is 14.4. The van der Waals surface area contributed by atoms with E-state index in [4.69, 9.17) is 0 Å². The van der Waals surface area contributed by atoms with E-state index in [-0.39, 0.29) is 0 Å². The maximum atomic E-state index is 3.65. The van der Waals surface area contributed by atoms with E-state index >= 15 is 0 Å². The highest BCUT2D eigenvalue weighted by atomic mass is 79.9. The van der Waals surface area contributed by atoms with Crippen molar-refractivity contribution in [3.63, 3.8) is 0 Å². The normalized spacial score (nSPS) is 11.6. The Balaban J connectivity index is 1.26. The molecule has 0 amide bonds. The van der Waals surface area contributed by atoms with Gasteiger partial charge in [0.25, 0.3) is 0 Å². The van der Waals surface area contributed by atoms with E-state index in [1.807, 2.05) is 0 Å². The lowest BCUT2D eigenvalue weighted by molar-refractivity contribution is 0.733. The van der Waals surface area contributed by atoms with E-state index in [9.17, 15) is 0 Å². The molecule has 0 saturated carbocycles. The number of hydrogen-bond donors (Lipinski definition) is 0. The van der Waals surface area contributed by atoms with E-state index in [0.29, 0.717) is 5.92 Å². The number of rotatable bonds is 17. The molecule has 7 aromatic carbocycles. The Morgan fingerprint density at radius 1 is 0.356 bits per heavy atom. The number of hydrogen-bond acceptors (Lipinski definition) is 3. The Morgan fingerprint density at radius 2 is 0.593 bits per heavy atom. The van der Waals surface area contributed by atoms with Gasteiger partial charge in [-0.05, 0) is 188 Å². The molecule has 0 N–H and O–H groups in total. The largest absolute Gasteiger partial charge is 0.311 e. The van der Waals surface area contributed by atoms with Crippen LogP contribution in [0, 0.1) is 0 Å². The smallest absolute Gasteiger partial charge is 0.0463 e. The molecule has 5 heteroatoms. The molecule has 7 aromatic rings. The lowest BCUT2D eigenvalue weighted by Gasteiger charge is -2.30. The Hall–Kier alpha value is -5.10. The molecular weight excluding hydrogens is 850 g/mol. The Bertz CT molecular complexity index is 2190. The third kappa shape index (κ3) is 10.4. The van der Waals surface area contributed by atoms with Gasteiger partial charge in [-0.15, -0.1) is 0 Å². The summed E-state index contributed by atoms with van der Waals surface area (Å²) in [6.45, 7) is 9.05. The standard InChI is InChI=1S/C54H55Br2N3/c1-5-8-10-41-12-22-46(23-13-41)57(49-28-18-44(55)19-29-49)51-32-36-53(37-33-51)59(48-26-16-43(17-27-48)40(4)7-3)54-38-34-52(35-39-54)58(50-30-20-45(56)21-31-50)47-24-14-42(15-25-47)11-9-6-2/h12-40H,5-11H2,1-4H3. The molecule has 0 radical (unpaired) electrons. The van der Waals surface area contributed by atoms with Gasteiger partial charge in [0.2, 0.25) is 0 Å². The molecule has 300 valence electrons. The monoisotopic (exact) mass is 903 g/mol. The molecular formula is C54H55Br2N3. The van der Waals surface area contributed by atoms with Crippen LogP contribution in [0.3, 0.4) is 0 Å². The molecule has 0 bridgehead atoms. The van der Waals surface area contributed by atoms with Crippen molar-refractivity contribution in [2.45, 2.75) is 78.6 Å². The molecule has 0 aliphatic heterocycles.